The summed E-state index contributed by atoms with van der Waals surface area (Å²) in [5.74, 6) is 0.367. The summed E-state index contributed by atoms with van der Waals surface area (Å²) in [5, 5.41) is 8.14. The lowest BCUT2D eigenvalue weighted by molar-refractivity contribution is -0.137. The highest BCUT2D eigenvalue weighted by atomic mass is 19.4. The maximum absolute atomic E-state index is 12.7. The smallest absolute Gasteiger partial charge is 0.373 e. The lowest BCUT2D eigenvalue weighted by Gasteiger charge is -2.18. The second-order valence-electron chi connectivity index (χ2n) is 7.06. The Hall–Kier alpha value is -4.15. The van der Waals surface area contributed by atoms with Crippen molar-refractivity contribution in [2.24, 2.45) is 0 Å². The van der Waals surface area contributed by atoms with Gasteiger partial charge in [0, 0.05) is 37.1 Å². The van der Waals surface area contributed by atoms with Crippen LogP contribution in [0.1, 0.15) is 21.5 Å². The van der Waals surface area contributed by atoms with Crippen LogP contribution in [-0.2, 0) is 6.18 Å². The van der Waals surface area contributed by atoms with E-state index in [9.17, 15) is 22.8 Å². The van der Waals surface area contributed by atoms with Gasteiger partial charge in [-0.3, -0.25) is 9.69 Å². The van der Waals surface area contributed by atoms with E-state index in [0.717, 1.165) is 12.1 Å². The Labute approximate surface area is 187 Å². The number of aromatic nitrogens is 2. The second-order valence-corrected chi connectivity index (χ2v) is 7.06. The van der Waals surface area contributed by atoms with Crippen molar-refractivity contribution in [2.45, 2.75) is 13.1 Å². The van der Waals surface area contributed by atoms with E-state index in [1.165, 1.54) is 36.5 Å². The third kappa shape index (κ3) is 5.76. The van der Waals surface area contributed by atoms with E-state index in [0.29, 0.717) is 22.9 Å². The third-order valence-corrected chi connectivity index (χ3v) is 4.77. The number of nitrogens with one attached hydrogen (secondary N) is 3. The number of halogens is 3. The van der Waals surface area contributed by atoms with Crippen molar-refractivity contribution in [1.29, 1.82) is 0 Å². The van der Waals surface area contributed by atoms with Crippen LogP contribution in [0.25, 0.3) is 0 Å². The summed E-state index contributed by atoms with van der Waals surface area (Å²) >= 11 is 0. The van der Waals surface area contributed by atoms with Gasteiger partial charge in [-0.2, -0.15) is 13.2 Å². The normalized spacial score (nSPS) is 11.0. The molecule has 0 saturated heterocycles. The maximum atomic E-state index is 12.7. The molecule has 0 fully saturated rings. The minimum Gasteiger partial charge on any atom is -0.373 e. The first kappa shape index (κ1) is 23.5. The van der Waals surface area contributed by atoms with Crippen molar-refractivity contribution >= 4 is 34.9 Å². The van der Waals surface area contributed by atoms with Gasteiger partial charge < -0.3 is 16.0 Å². The van der Waals surface area contributed by atoms with Gasteiger partial charge >= 0.3 is 12.2 Å². The van der Waals surface area contributed by atoms with Crippen LogP contribution >= 0.6 is 0 Å². The van der Waals surface area contributed by atoms with Crippen molar-refractivity contribution in [3.05, 3.63) is 71.5 Å². The predicted octanol–water partition coefficient (Wildman–Crippen LogP) is 4.77. The van der Waals surface area contributed by atoms with Crippen molar-refractivity contribution in [1.82, 2.24) is 9.97 Å². The van der Waals surface area contributed by atoms with Gasteiger partial charge in [-0.1, -0.05) is 6.07 Å². The Morgan fingerprint density at radius 2 is 1.67 bits per heavy atom. The van der Waals surface area contributed by atoms with Gasteiger partial charge in [0.05, 0.1) is 5.56 Å². The van der Waals surface area contributed by atoms with E-state index in [-0.39, 0.29) is 11.3 Å². The minimum absolute atomic E-state index is 0.211. The summed E-state index contributed by atoms with van der Waals surface area (Å²) in [6, 6.07) is 9.93. The van der Waals surface area contributed by atoms with Gasteiger partial charge in [0.25, 0.3) is 5.91 Å². The molecular weight excluding hydrogens is 437 g/mol. The summed E-state index contributed by atoms with van der Waals surface area (Å²) in [7, 11) is 3.23. The third-order valence-electron chi connectivity index (χ3n) is 4.77. The summed E-state index contributed by atoms with van der Waals surface area (Å²) in [5.41, 5.74) is 0.729. The summed E-state index contributed by atoms with van der Waals surface area (Å²) in [4.78, 5) is 34.6. The molecule has 0 aliphatic rings. The van der Waals surface area contributed by atoms with Crippen molar-refractivity contribution < 1.29 is 22.8 Å². The van der Waals surface area contributed by atoms with Crippen molar-refractivity contribution in [3.63, 3.8) is 0 Å². The van der Waals surface area contributed by atoms with Gasteiger partial charge in [-0.05, 0) is 48.9 Å². The molecule has 3 aromatic rings. The number of rotatable bonds is 5. The number of hydrogen-bond donors (Lipinski definition) is 3. The standard InChI is InChI=1S/C22H21F3N6O2/c1-13-4-5-14(20(32)29-16-8-6-15(7-9-16)22(23,24)25)10-17(13)30-21(33)31(3)19-11-18(26-2)27-12-28-19/h4-12H,1-3H3,(H,29,32)(H,30,33)(H,26,27,28). The Morgan fingerprint density at radius 1 is 0.970 bits per heavy atom. The number of alkyl halides is 3. The first-order chi connectivity index (χ1) is 15.6. The topological polar surface area (TPSA) is 99.2 Å². The molecule has 0 saturated carbocycles. The average molecular weight is 458 g/mol. The molecule has 0 aliphatic carbocycles. The van der Waals surface area contributed by atoms with E-state index >= 15 is 0 Å². The van der Waals surface area contributed by atoms with E-state index in [4.69, 9.17) is 0 Å². The van der Waals surface area contributed by atoms with Crippen molar-refractivity contribution in [2.75, 3.05) is 34.9 Å². The molecule has 8 nitrogen and oxygen atoms in total. The fraction of sp³-hybridized carbons (Fsp3) is 0.182. The van der Waals surface area contributed by atoms with Gasteiger partial charge in [-0.15, -0.1) is 0 Å². The first-order valence-corrected chi connectivity index (χ1v) is 9.72. The summed E-state index contributed by atoms with van der Waals surface area (Å²) in [6.07, 6.45) is -3.14. The van der Waals surface area contributed by atoms with Crippen LogP contribution in [0.2, 0.25) is 0 Å². The van der Waals surface area contributed by atoms with Crippen LogP contribution in [-0.4, -0.2) is 36.0 Å². The molecule has 0 aliphatic heterocycles. The lowest BCUT2D eigenvalue weighted by atomic mass is 10.1. The zero-order valence-electron chi connectivity index (χ0n) is 18.0. The maximum Gasteiger partial charge on any atom is 0.416 e. The predicted molar refractivity (Wildman–Crippen MR) is 120 cm³/mol. The molecule has 3 rings (SSSR count). The number of urea groups is 1. The number of amides is 3. The van der Waals surface area contributed by atoms with E-state index in [1.54, 1.807) is 32.2 Å². The molecule has 1 heterocycles. The van der Waals surface area contributed by atoms with Gasteiger partial charge in [0.15, 0.2) is 0 Å². The van der Waals surface area contributed by atoms with Crippen LogP contribution in [0.5, 0.6) is 0 Å². The quantitative estimate of drug-likeness (QED) is 0.512. The van der Waals surface area contributed by atoms with Gasteiger partial charge in [-0.25, -0.2) is 14.8 Å². The highest BCUT2D eigenvalue weighted by Gasteiger charge is 2.30. The van der Waals surface area contributed by atoms with Crippen LogP contribution < -0.4 is 20.9 Å². The molecule has 0 atom stereocenters. The Bertz CT molecular complexity index is 1170. The number of aryl methyl sites for hydroxylation is 1. The molecule has 0 unspecified atom stereocenters. The van der Waals surface area contributed by atoms with Crippen molar-refractivity contribution in [3.8, 4) is 0 Å². The number of anilines is 4. The number of hydrogen-bond acceptors (Lipinski definition) is 5. The number of benzene rings is 2. The number of carbonyl (C=O) groups excluding carboxylic acids is 2. The molecule has 172 valence electrons. The molecule has 2 aromatic carbocycles. The Kier molecular flexibility index (Phi) is 6.80. The summed E-state index contributed by atoms with van der Waals surface area (Å²) < 4.78 is 38.1. The van der Waals surface area contributed by atoms with E-state index in [2.05, 4.69) is 25.9 Å². The molecule has 0 radical (unpaired) electrons. The molecule has 33 heavy (non-hydrogen) atoms. The fourth-order valence-electron chi connectivity index (χ4n) is 2.81. The molecule has 3 amide bonds. The fourth-order valence-corrected chi connectivity index (χ4v) is 2.81. The number of carbonyl (C=O) groups is 2. The zero-order valence-corrected chi connectivity index (χ0v) is 18.0. The average Bonchev–Trinajstić information content (AvgIpc) is 2.79. The van der Waals surface area contributed by atoms with Crippen LogP contribution in [0, 0.1) is 6.92 Å². The van der Waals surface area contributed by atoms with Crippen LogP contribution in [0.4, 0.5) is 41.0 Å². The zero-order chi connectivity index (χ0) is 24.2. The SMILES string of the molecule is CNc1cc(N(C)C(=O)Nc2cc(C(=O)Nc3ccc(C(F)(F)F)cc3)ccc2C)ncn1. The highest BCUT2D eigenvalue weighted by Crippen LogP contribution is 2.30. The first-order valence-electron chi connectivity index (χ1n) is 9.72. The largest absolute Gasteiger partial charge is 0.416 e. The van der Waals surface area contributed by atoms with E-state index < -0.39 is 23.7 Å². The Morgan fingerprint density at radius 3 is 2.30 bits per heavy atom. The highest BCUT2D eigenvalue weighted by molar-refractivity contribution is 6.06. The number of nitrogens with zero attached hydrogens (tertiary/aromatic N) is 3. The molecule has 11 heteroatoms. The van der Waals surface area contributed by atoms with Gasteiger partial charge in [0.2, 0.25) is 0 Å². The Balaban J connectivity index is 1.73. The van der Waals surface area contributed by atoms with Crippen LogP contribution in [0.3, 0.4) is 0 Å². The molecule has 0 bridgehead atoms. The molecule has 0 spiro atoms. The molecule has 1 aromatic heterocycles. The second kappa shape index (κ2) is 9.55. The lowest BCUT2D eigenvalue weighted by Crippen LogP contribution is -2.32. The molecule has 3 N–H and O–H groups in total. The van der Waals surface area contributed by atoms with E-state index in [1.807, 2.05) is 0 Å². The van der Waals surface area contributed by atoms with Gasteiger partial charge in [0.1, 0.15) is 18.0 Å². The minimum atomic E-state index is -4.46. The monoisotopic (exact) mass is 458 g/mol. The molecular formula is C22H21F3N6O2. The summed E-state index contributed by atoms with van der Waals surface area (Å²) in [6.45, 7) is 1.76. The van der Waals surface area contributed by atoms with Crippen LogP contribution in [0.15, 0.2) is 54.9 Å².